The Balaban J connectivity index is 1.89. The third-order valence-electron chi connectivity index (χ3n) is 5.75. The molecular weight excluding hydrogens is 410 g/mol. The van der Waals surface area contributed by atoms with Crippen molar-refractivity contribution in [1.82, 2.24) is 4.90 Å². The van der Waals surface area contributed by atoms with Gasteiger partial charge in [-0.3, -0.25) is 9.59 Å². The number of aliphatic hydroxyl groups is 1. The van der Waals surface area contributed by atoms with Gasteiger partial charge in [0.2, 0.25) is 0 Å². The van der Waals surface area contributed by atoms with Crippen molar-refractivity contribution in [2.24, 2.45) is 0 Å². The second-order valence-electron chi connectivity index (χ2n) is 7.74. The molecule has 1 atom stereocenters. The molecule has 1 aliphatic rings. The Kier molecular flexibility index (Phi) is 5.48. The van der Waals surface area contributed by atoms with Crippen LogP contribution in [-0.4, -0.2) is 33.9 Å². The van der Waals surface area contributed by atoms with Crippen LogP contribution in [0.4, 0.5) is 0 Å². The molecule has 1 fully saturated rings. The smallest absolute Gasteiger partial charge is 0.296 e. The van der Waals surface area contributed by atoms with Gasteiger partial charge in [0.25, 0.3) is 11.7 Å². The van der Waals surface area contributed by atoms with Gasteiger partial charge in [-0.15, -0.1) is 0 Å². The molecule has 2 N–H and O–H groups in total. The SMILES string of the molecule is COc1ccc(C2/C(=C(/O)c3ccc(C)c(C)c3)C(=O)C(=O)N2Cc2ccco2)cc1O. The number of likely N-dealkylation sites (tertiary alicyclic amines) is 1. The quantitative estimate of drug-likeness (QED) is 0.355. The third kappa shape index (κ3) is 3.62. The molecule has 7 heteroatoms. The summed E-state index contributed by atoms with van der Waals surface area (Å²) in [7, 11) is 1.43. The molecule has 32 heavy (non-hydrogen) atoms. The lowest BCUT2D eigenvalue weighted by molar-refractivity contribution is -0.140. The maximum atomic E-state index is 13.1. The van der Waals surface area contributed by atoms with Gasteiger partial charge in [0.15, 0.2) is 11.5 Å². The van der Waals surface area contributed by atoms with E-state index in [0.717, 1.165) is 11.1 Å². The van der Waals surface area contributed by atoms with Crippen LogP contribution in [-0.2, 0) is 16.1 Å². The number of aliphatic hydroxyl groups excluding tert-OH is 1. The monoisotopic (exact) mass is 433 g/mol. The van der Waals surface area contributed by atoms with E-state index >= 15 is 0 Å². The number of methoxy groups -OCH3 is 1. The number of ketones is 1. The number of hydrogen-bond donors (Lipinski definition) is 2. The Morgan fingerprint density at radius 3 is 2.50 bits per heavy atom. The number of amides is 1. The van der Waals surface area contributed by atoms with Crippen LogP contribution >= 0.6 is 0 Å². The van der Waals surface area contributed by atoms with E-state index in [1.165, 1.54) is 24.3 Å². The van der Waals surface area contributed by atoms with E-state index in [4.69, 9.17) is 9.15 Å². The number of phenols is 1. The molecule has 0 spiro atoms. The van der Waals surface area contributed by atoms with Gasteiger partial charge in [-0.2, -0.15) is 0 Å². The largest absolute Gasteiger partial charge is 0.507 e. The molecule has 2 aromatic carbocycles. The van der Waals surface area contributed by atoms with Gasteiger partial charge in [-0.1, -0.05) is 18.2 Å². The average Bonchev–Trinajstić information content (AvgIpc) is 3.37. The van der Waals surface area contributed by atoms with Crippen molar-refractivity contribution in [2.75, 3.05) is 7.11 Å². The minimum Gasteiger partial charge on any atom is -0.507 e. The number of benzene rings is 2. The van der Waals surface area contributed by atoms with E-state index in [2.05, 4.69) is 0 Å². The molecule has 4 rings (SSSR count). The van der Waals surface area contributed by atoms with Gasteiger partial charge < -0.3 is 24.3 Å². The molecule has 0 saturated carbocycles. The lowest BCUT2D eigenvalue weighted by Crippen LogP contribution is -2.29. The number of nitrogens with zero attached hydrogens (tertiary/aromatic N) is 1. The standard InChI is InChI=1S/C25H23NO6/c1-14-6-7-17(11-15(14)2)23(28)21-22(16-8-9-20(31-3)19(27)12-16)26(25(30)24(21)29)13-18-5-4-10-32-18/h4-12,22,27-28H,13H2,1-3H3/b23-21-. The highest BCUT2D eigenvalue weighted by Crippen LogP contribution is 2.42. The van der Waals surface area contributed by atoms with Gasteiger partial charge in [-0.25, -0.2) is 0 Å². The molecule has 1 unspecified atom stereocenters. The van der Waals surface area contributed by atoms with Crippen LogP contribution in [0.25, 0.3) is 5.76 Å². The van der Waals surface area contributed by atoms with Crippen LogP contribution in [0.1, 0.15) is 34.1 Å². The summed E-state index contributed by atoms with van der Waals surface area (Å²) in [4.78, 5) is 27.4. The molecule has 0 radical (unpaired) electrons. The summed E-state index contributed by atoms with van der Waals surface area (Å²) in [6.07, 6.45) is 1.48. The lowest BCUT2D eigenvalue weighted by Gasteiger charge is -2.25. The Morgan fingerprint density at radius 1 is 1.09 bits per heavy atom. The van der Waals surface area contributed by atoms with Crippen molar-refractivity contribution >= 4 is 17.4 Å². The summed E-state index contributed by atoms with van der Waals surface area (Å²) in [5, 5.41) is 21.5. The molecule has 1 saturated heterocycles. The summed E-state index contributed by atoms with van der Waals surface area (Å²) < 4.78 is 10.5. The first-order chi connectivity index (χ1) is 15.3. The zero-order chi connectivity index (χ0) is 23.0. The third-order valence-corrected chi connectivity index (χ3v) is 5.75. The van der Waals surface area contributed by atoms with Gasteiger partial charge in [0, 0.05) is 5.56 Å². The minimum atomic E-state index is -0.918. The number of aromatic hydroxyl groups is 1. The van der Waals surface area contributed by atoms with Crippen molar-refractivity contribution in [3.8, 4) is 11.5 Å². The minimum absolute atomic E-state index is 0.0265. The van der Waals surface area contributed by atoms with Gasteiger partial charge >= 0.3 is 0 Å². The number of aryl methyl sites for hydroxylation is 2. The summed E-state index contributed by atoms with van der Waals surface area (Å²) in [6, 6.07) is 12.4. The van der Waals surface area contributed by atoms with Crippen LogP contribution in [0, 0.1) is 13.8 Å². The number of rotatable bonds is 5. The predicted octanol–water partition coefficient (Wildman–Crippen LogP) is 4.23. The fraction of sp³-hybridized carbons (Fsp3) is 0.200. The normalized spacial score (nSPS) is 17.7. The van der Waals surface area contributed by atoms with E-state index in [9.17, 15) is 19.8 Å². The number of hydrogen-bond acceptors (Lipinski definition) is 6. The molecule has 1 aliphatic heterocycles. The van der Waals surface area contributed by atoms with Crippen molar-refractivity contribution in [3.63, 3.8) is 0 Å². The van der Waals surface area contributed by atoms with Crippen LogP contribution in [0.15, 0.2) is 64.8 Å². The van der Waals surface area contributed by atoms with Crippen molar-refractivity contribution < 1.29 is 29.0 Å². The van der Waals surface area contributed by atoms with Crippen LogP contribution in [0.3, 0.4) is 0 Å². The molecular formula is C25H23NO6. The molecule has 1 aromatic heterocycles. The Bertz CT molecular complexity index is 1230. The Morgan fingerprint density at radius 2 is 1.88 bits per heavy atom. The van der Waals surface area contributed by atoms with Crippen LogP contribution in [0.5, 0.6) is 11.5 Å². The molecule has 164 valence electrons. The zero-order valence-corrected chi connectivity index (χ0v) is 18.0. The molecule has 0 bridgehead atoms. The Hall–Kier alpha value is -4.00. The number of carbonyl (C=O) groups excluding carboxylic acids is 2. The second kappa shape index (κ2) is 8.26. The maximum Gasteiger partial charge on any atom is 0.296 e. The van der Waals surface area contributed by atoms with Crippen LogP contribution in [0.2, 0.25) is 0 Å². The summed E-state index contributed by atoms with van der Waals surface area (Å²) in [5.74, 6) is -1.22. The Labute approximate surface area is 185 Å². The summed E-state index contributed by atoms with van der Waals surface area (Å²) in [6.45, 7) is 3.88. The molecule has 7 nitrogen and oxygen atoms in total. The van der Waals surface area contributed by atoms with Crippen molar-refractivity contribution in [1.29, 1.82) is 0 Å². The fourth-order valence-corrected chi connectivity index (χ4v) is 3.88. The molecule has 3 aromatic rings. The number of carbonyl (C=O) groups is 2. The predicted molar refractivity (Wildman–Crippen MR) is 117 cm³/mol. The number of ether oxygens (including phenoxy) is 1. The zero-order valence-electron chi connectivity index (χ0n) is 18.0. The molecule has 0 aliphatic carbocycles. The van der Waals surface area contributed by atoms with E-state index in [1.807, 2.05) is 19.9 Å². The van der Waals surface area contributed by atoms with Gasteiger partial charge in [0.05, 0.1) is 31.5 Å². The maximum absolute atomic E-state index is 13.1. The highest BCUT2D eigenvalue weighted by Gasteiger charge is 2.46. The highest BCUT2D eigenvalue weighted by molar-refractivity contribution is 6.46. The highest BCUT2D eigenvalue weighted by atomic mass is 16.5. The average molecular weight is 433 g/mol. The van der Waals surface area contributed by atoms with E-state index < -0.39 is 17.7 Å². The van der Waals surface area contributed by atoms with Gasteiger partial charge in [0.1, 0.15) is 11.5 Å². The van der Waals surface area contributed by atoms with E-state index in [-0.39, 0.29) is 29.4 Å². The number of phenolic OH excluding ortho intramolecular Hbond substituents is 1. The molecule has 1 amide bonds. The van der Waals surface area contributed by atoms with Crippen LogP contribution < -0.4 is 4.74 Å². The topological polar surface area (TPSA) is 100 Å². The first kappa shape index (κ1) is 21.2. The number of Topliss-reactive ketones (excluding diaryl/α,β-unsaturated/α-hetero) is 1. The first-order valence-electron chi connectivity index (χ1n) is 10.1. The van der Waals surface area contributed by atoms with Crippen molar-refractivity contribution in [3.05, 3.63) is 88.4 Å². The fourth-order valence-electron chi connectivity index (χ4n) is 3.88. The summed E-state index contributed by atoms with van der Waals surface area (Å²) >= 11 is 0. The number of furan rings is 1. The van der Waals surface area contributed by atoms with E-state index in [0.29, 0.717) is 16.9 Å². The van der Waals surface area contributed by atoms with E-state index in [1.54, 1.807) is 36.4 Å². The lowest BCUT2D eigenvalue weighted by atomic mass is 9.94. The first-order valence-corrected chi connectivity index (χ1v) is 10.1. The van der Waals surface area contributed by atoms with Crippen molar-refractivity contribution in [2.45, 2.75) is 26.4 Å². The van der Waals surface area contributed by atoms with Gasteiger partial charge in [-0.05, 0) is 60.9 Å². The second-order valence-corrected chi connectivity index (χ2v) is 7.74. The summed E-state index contributed by atoms with van der Waals surface area (Å²) in [5.41, 5.74) is 2.83. The molecule has 2 heterocycles.